The minimum Gasteiger partial charge on any atom is -0.443 e. The summed E-state index contributed by atoms with van der Waals surface area (Å²) in [6, 6.07) is 3.91. The lowest BCUT2D eigenvalue weighted by molar-refractivity contribution is -0.736. The Morgan fingerprint density at radius 1 is 1.43 bits per heavy atom. The summed E-state index contributed by atoms with van der Waals surface area (Å²) >= 11 is 2.19. The van der Waals surface area contributed by atoms with Crippen molar-refractivity contribution in [1.29, 1.82) is 0 Å². The minimum absolute atomic E-state index is 0.782. The molecule has 14 heavy (non-hydrogen) atoms. The normalized spacial score (nSPS) is 10.2. The maximum absolute atomic E-state index is 5.59. The van der Waals surface area contributed by atoms with Gasteiger partial charge in [0.2, 0.25) is 0 Å². The van der Waals surface area contributed by atoms with Crippen molar-refractivity contribution in [2.24, 2.45) is 7.05 Å². The fourth-order valence-corrected chi connectivity index (χ4v) is 1.65. The van der Waals surface area contributed by atoms with E-state index in [-0.39, 0.29) is 0 Å². The van der Waals surface area contributed by atoms with Crippen LogP contribution in [0.25, 0.3) is 0 Å². The van der Waals surface area contributed by atoms with Crippen LogP contribution in [-0.2, 0) is 7.05 Å². The van der Waals surface area contributed by atoms with Gasteiger partial charge in [-0.25, -0.2) is 0 Å². The van der Waals surface area contributed by atoms with Crippen molar-refractivity contribution in [3.8, 4) is 5.88 Å². The molecule has 0 unspecified atom stereocenters. The number of hydrogen-bond donors (Lipinski definition) is 0. The Morgan fingerprint density at radius 2 is 2.21 bits per heavy atom. The number of rotatable bonds is 5. The number of ether oxygens (including phenoxy) is 1. The molecule has 0 bridgehead atoms. The Hall–Kier alpha value is -0.390. The van der Waals surface area contributed by atoms with Gasteiger partial charge in [0, 0.05) is 5.10 Å². The number of halogens is 1. The van der Waals surface area contributed by atoms with Gasteiger partial charge in [-0.15, -0.1) is 0 Å². The number of hydrogen-bond acceptors (Lipinski definition) is 2. The van der Waals surface area contributed by atoms with E-state index in [9.17, 15) is 0 Å². The molecule has 1 aromatic rings. The van der Waals surface area contributed by atoms with Crippen molar-refractivity contribution < 1.29 is 9.42 Å². The van der Waals surface area contributed by atoms with Gasteiger partial charge in [0.25, 0.3) is 0 Å². The lowest BCUT2D eigenvalue weighted by Gasteiger charge is -2.01. The first-order chi connectivity index (χ1) is 6.74. The lowest BCUT2D eigenvalue weighted by Crippen LogP contribution is -2.35. The summed E-state index contributed by atoms with van der Waals surface area (Å²) in [7, 11) is 1.90. The van der Waals surface area contributed by atoms with Crippen LogP contribution < -0.4 is 9.42 Å². The molecule has 0 aliphatic rings. The zero-order chi connectivity index (χ0) is 10.4. The molecular formula is C10H16IN2O+. The number of unbranched alkanes of at least 4 members (excludes halogenated alkanes) is 2. The van der Waals surface area contributed by atoms with Crippen LogP contribution in [0.3, 0.4) is 0 Å². The maximum Gasteiger partial charge on any atom is 0.393 e. The lowest BCUT2D eigenvalue weighted by atomic mass is 10.3. The molecule has 1 heterocycles. The van der Waals surface area contributed by atoms with Crippen LogP contribution in [0.1, 0.15) is 26.2 Å². The van der Waals surface area contributed by atoms with Gasteiger partial charge in [0.15, 0.2) is 10.7 Å². The van der Waals surface area contributed by atoms with E-state index >= 15 is 0 Å². The number of aryl methyl sites for hydroxylation is 1. The van der Waals surface area contributed by atoms with Gasteiger partial charge in [-0.1, -0.05) is 24.4 Å². The highest BCUT2D eigenvalue weighted by Gasteiger charge is 2.08. The SMILES string of the molecule is CCCCCOc1ccc(I)n[n+]1C. The second-order valence-corrected chi connectivity index (χ2v) is 4.28. The molecule has 0 saturated heterocycles. The van der Waals surface area contributed by atoms with Gasteiger partial charge in [0.1, 0.15) is 0 Å². The Bertz CT molecular complexity index is 291. The highest BCUT2D eigenvalue weighted by Crippen LogP contribution is 2.05. The standard InChI is InChI=1S/C10H16IN2O/c1-3-4-5-8-14-10-7-6-9(11)12-13(10)2/h6-7H,3-5,8H2,1-2H3/q+1. The van der Waals surface area contributed by atoms with Crippen LogP contribution in [0.2, 0.25) is 0 Å². The van der Waals surface area contributed by atoms with Crippen LogP contribution in [0.4, 0.5) is 0 Å². The first-order valence-corrected chi connectivity index (χ1v) is 5.97. The molecule has 3 nitrogen and oxygen atoms in total. The molecule has 0 aliphatic heterocycles. The van der Waals surface area contributed by atoms with E-state index in [1.165, 1.54) is 12.8 Å². The van der Waals surface area contributed by atoms with Crippen LogP contribution in [0.5, 0.6) is 5.88 Å². The van der Waals surface area contributed by atoms with Gasteiger partial charge in [-0.2, -0.15) is 0 Å². The summed E-state index contributed by atoms with van der Waals surface area (Å²) < 4.78 is 8.34. The van der Waals surface area contributed by atoms with Crippen molar-refractivity contribution in [2.45, 2.75) is 26.2 Å². The molecule has 0 fully saturated rings. The average molecular weight is 307 g/mol. The Balaban J connectivity index is 2.42. The van der Waals surface area contributed by atoms with Gasteiger partial charge >= 0.3 is 5.88 Å². The fraction of sp³-hybridized carbons (Fsp3) is 0.600. The smallest absolute Gasteiger partial charge is 0.393 e. The van der Waals surface area contributed by atoms with Crippen LogP contribution in [-0.4, -0.2) is 11.7 Å². The van der Waals surface area contributed by atoms with Gasteiger partial charge in [-0.3, -0.25) is 0 Å². The number of nitrogens with zero attached hydrogens (tertiary/aromatic N) is 2. The zero-order valence-corrected chi connectivity index (χ0v) is 10.8. The van der Waals surface area contributed by atoms with Crippen molar-refractivity contribution in [3.63, 3.8) is 0 Å². The minimum atomic E-state index is 0.782. The van der Waals surface area contributed by atoms with E-state index in [2.05, 4.69) is 34.6 Å². The topological polar surface area (TPSA) is 26.0 Å². The second kappa shape index (κ2) is 6.16. The monoisotopic (exact) mass is 307 g/mol. The van der Waals surface area contributed by atoms with Crippen molar-refractivity contribution in [2.75, 3.05) is 6.61 Å². The summed E-state index contributed by atoms with van der Waals surface area (Å²) in [4.78, 5) is 0. The molecule has 0 spiro atoms. The Morgan fingerprint density at radius 3 is 2.86 bits per heavy atom. The molecule has 0 amide bonds. The third kappa shape index (κ3) is 3.77. The Labute approximate surface area is 98.6 Å². The second-order valence-electron chi connectivity index (χ2n) is 3.17. The van der Waals surface area contributed by atoms with Crippen LogP contribution in [0, 0.1) is 3.70 Å². The largest absolute Gasteiger partial charge is 0.443 e. The van der Waals surface area contributed by atoms with Crippen molar-refractivity contribution in [3.05, 3.63) is 15.8 Å². The zero-order valence-electron chi connectivity index (χ0n) is 8.66. The molecule has 78 valence electrons. The molecule has 0 radical (unpaired) electrons. The summed E-state index contributed by atoms with van der Waals surface area (Å²) in [5, 5.41) is 4.25. The summed E-state index contributed by atoms with van der Waals surface area (Å²) in [5.74, 6) is 0.835. The van der Waals surface area contributed by atoms with E-state index in [1.807, 2.05) is 19.2 Å². The predicted molar refractivity (Wildman–Crippen MR) is 63.2 cm³/mol. The molecule has 0 aliphatic carbocycles. The van der Waals surface area contributed by atoms with E-state index in [0.717, 1.165) is 22.6 Å². The highest BCUT2D eigenvalue weighted by atomic mass is 127. The summed E-state index contributed by atoms with van der Waals surface area (Å²) in [6.07, 6.45) is 3.56. The first kappa shape index (κ1) is 11.7. The molecule has 0 N–H and O–H groups in total. The summed E-state index contributed by atoms with van der Waals surface area (Å²) in [6.45, 7) is 2.97. The van der Waals surface area contributed by atoms with Crippen molar-refractivity contribution >= 4 is 22.6 Å². The molecule has 1 aromatic heterocycles. The predicted octanol–water partition coefficient (Wildman–Crippen LogP) is 2.08. The molecule has 0 saturated carbocycles. The van der Waals surface area contributed by atoms with Crippen molar-refractivity contribution in [1.82, 2.24) is 5.10 Å². The van der Waals surface area contributed by atoms with Crippen LogP contribution >= 0.6 is 22.6 Å². The summed E-state index contributed by atoms with van der Waals surface area (Å²) in [5.41, 5.74) is 0. The molecular weight excluding hydrogens is 291 g/mol. The van der Waals surface area contributed by atoms with E-state index in [4.69, 9.17) is 4.74 Å². The average Bonchev–Trinajstić information content (AvgIpc) is 2.15. The van der Waals surface area contributed by atoms with Gasteiger partial charge < -0.3 is 4.74 Å². The molecule has 4 heteroatoms. The van der Waals surface area contributed by atoms with E-state index in [1.54, 1.807) is 4.68 Å². The number of aromatic nitrogens is 2. The maximum atomic E-state index is 5.59. The Kier molecular flexibility index (Phi) is 5.14. The molecule has 1 rings (SSSR count). The van der Waals surface area contributed by atoms with Crippen LogP contribution in [0.15, 0.2) is 12.1 Å². The van der Waals surface area contributed by atoms with Gasteiger partial charge in [0.05, 0.1) is 12.7 Å². The molecule has 0 atom stereocenters. The van der Waals surface area contributed by atoms with E-state index < -0.39 is 0 Å². The third-order valence-electron chi connectivity index (χ3n) is 1.93. The highest BCUT2D eigenvalue weighted by molar-refractivity contribution is 14.1. The quantitative estimate of drug-likeness (QED) is 0.473. The van der Waals surface area contributed by atoms with Gasteiger partial charge in [-0.05, 0) is 35.1 Å². The molecule has 0 aromatic carbocycles. The fourth-order valence-electron chi connectivity index (χ4n) is 1.14. The van der Waals surface area contributed by atoms with E-state index in [0.29, 0.717) is 0 Å². The first-order valence-electron chi connectivity index (χ1n) is 4.89. The third-order valence-corrected chi connectivity index (χ3v) is 2.50.